The van der Waals surface area contributed by atoms with Gasteiger partial charge in [0.15, 0.2) is 0 Å². The van der Waals surface area contributed by atoms with E-state index in [9.17, 15) is 4.79 Å². The molecule has 1 fully saturated rings. The van der Waals surface area contributed by atoms with E-state index in [4.69, 9.17) is 16.3 Å². The van der Waals surface area contributed by atoms with E-state index < -0.39 is 0 Å². The largest absolute Gasteiger partial charge is 0.372 e. The number of halogens is 1. The highest BCUT2D eigenvalue weighted by Crippen LogP contribution is 2.19. The standard InChI is InChI=1S/C14H22ClN3O2/c1-9-7-17(8-10(2)20-9)13(19)5-6-18-12(4)14(15)11(3)16-18/h9-10H,5-8H2,1-4H3/t9-,10-/m0/s1. The van der Waals surface area contributed by atoms with Crippen LogP contribution in [0.15, 0.2) is 0 Å². The summed E-state index contributed by atoms with van der Waals surface area (Å²) in [5.74, 6) is 0.149. The molecule has 0 spiro atoms. The lowest BCUT2D eigenvalue weighted by Crippen LogP contribution is -2.48. The predicted octanol–water partition coefficient (Wildman–Crippen LogP) is 2.18. The second kappa shape index (κ2) is 6.14. The smallest absolute Gasteiger partial charge is 0.224 e. The Hall–Kier alpha value is -1.07. The van der Waals surface area contributed by atoms with E-state index in [0.29, 0.717) is 31.1 Å². The van der Waals surface area contributed by atoms with Gasteiger partial charge in [0, 0.05) is 19.5 Å². The van der Waals surface area contributed by atoms with Crippen LogP contribution in [0.2, 0.25) is 5.02 Å². The van der Waals surface area contributed by atoms with Crippen molar-refractivity contribution in [1.29, 1.82) is 0 Å². The maximum atomic E-state index is 12.3. The van der Waals surface area contributed by atoms with Gasteiger partial charge in [-0.15, -0.1) is 0 Å². The zero-order valence-electron chi connectivity index (χ0n) is 12.5. The Morgan fingerprint density at radius 1 is 1.35 bits per heavy atom. The second-order valence-corrected chi connectivity index (χ2v) is 5.89. The molecule has 112 valence electrons. The zero-order valence-corrected chi connectivity index (χ0v) is 13.3. The Morgan fingerprint density at radius 2 is 1.95 bits per heavy atom. The molecule has 1 aliphatic rings. The fourth-order valence-corrected chi connectivity index (χ4v) is 2.77. The quantitative estimate of drug-likeness (QED) is 0.859. The Labute approximate surface area is 124 Å². The second-order valence-electron chi connectivity index (χ2n) is 5.51. The monoisotopic (exact) mass is 299 g/mol. The molecule has 1 amide bonds. The van der Waals surface area contributed by atoms with Crippen molar-refractivity contribution in [3.8, 4) is 0 Å². The molecule has 1 aromatic rings. The summed E-state index contributed by atoms with van der Waals surface area (Å²) in [4.78, 5) is 14.1. The Morgan fingerprint density at radius 3 is 2.45 bits per heavy atom. The lowest BCUT2D eigenvalue weighted by Gasteiger charge is -2.35. The maximum absolute atomic E-state index is 12.3. The average molecular weight is 300 g/mol. The van der Waals surface area contributed by atoms with Crippen molar-refractivity contribution in [2.24, 2.45) is 0 Å². The van der Waals surface area contributed by atoms with Gasteiger partial charge < -0.3 is 9.64 Å². The molecular formula is C14H22ClN3O2. The fraction of sp³-hybridized carbons (Fsp3) is 0.714. The summed E-state index contributed by atoms with van der Waals surface area (Å²) in [6.07, 6.45) is 0.647. The van der Waals surface area contributed by atoms with Gasteiger partial charge in [-0.3, -0.25) is 9.48 Å². The molecule has 0 aliphatic carbocycles. The van der Waals surface area contributed by atoms with Crippen LogP contribution in [0, 0.1) is 13.8 Å². The van der Waals surface area contributed by atoms with E-state index >= 15 is 0 Å². The van der Waals surface area contributed by atoms with Crippen molar-refractivity contribution < 1.29 is 9.53 Å². The Balaban J connectivity index is 1.93. The Kier molecular flexibility index (Phi) is 4.70. The van der Waals surface area contributed by atoms with Crippen molar-refractivity contribution in [1.82, 2.24) is 14.7 Å². The van der Waals surface area contributed by atoms with Gasteiger partial charge in [0.1, 0.15) is 0 Å². The van der Waals surface area contributed by atoms with E-state index in [1.807, 2.05) is 37.3 Å². The third-order valence-corrected chi connectivity index (χ3v) is 4.15. The molecule has 1 aliphatic heterocycles. The molecule has 2 atom stereocenters. The zero-order chi connectivity index (χ0) is 14.9. The Bertz CT molecular complexity index is 491. The van der Waals surface area contributed by atoms with Gasteiger partial charge in [-0.1, -0.05) is 11.6 Å². The number of amides is 1. The van der Waals surface area contributed by atoms with E-state index in [1.165, 1.54) is 0 Å². The van der Waals surface area contributed by atoms with Crippen molar-refractivity contribution in [2.75, 3.05) is 13.1 Å². The summed E-state index contributed by atoms with van der Waals surface area (Å²) >= 11 is 6.11. The molecule has 0 N–H and O–H groups in total. The van der Waals surface area contributed by atoms with Crippen LogP contribution in [-0.4, -0.2) is 45.9 Å². The summed E-state index contributed by atoms with van der Waals surface area (Å²) in [7, 11) is 0. The third-order valence-electron chi connectivity index (χ3n) is 3.60. The number of aromatic nitrogens is 2. The normalized spacial score (nSPS) is 23.1. The van der Waals surface area contributed by atoms with E-state index in [2.05, 4.69) is 5.10 Å². The first-order valence-electron chi connectivity index (χ1n) is 7.01. The lowest BCUT2D eigenvalue weighted by atomic mass is 10.2. The molecule has 0 unspecified atom stereocenters. The summed E-state index contributed by atoms with van der Waals surface area (Å²) in [6.45, 7) is 9.69. The minimum absolute atomic E-state index is 0.103. The number of hydrogen-bond donors (Lipinski definition) is 0. The number of carbonyl (C=O) groups is 1. The molecule has 1 saturated heterocycles. The molecule has 2 rings (SSSR count). The number of rotatable bonds is 3. The van der Waals surface area contributed by atoms with Crippen LogP contribution in [0.5, 0.6) is 0 Å². The minimum atomic E-state index is 0.103. The molecule has 0 radical (unpaired) electrons. The van der Waals surface area contributed by atoms with Gasteiger partial charge in [0.25, 0.3) is 0 Å². The molecule has 5 nitrogen and oxygen atoms in total. The van der Waals surface area contributed by atoms with Crippen molar-refractivity contribution in [3.63, 3.8) is 0 Å². The van der Waals surface area contributed by atoms with E-state index in [1.54, 1.807) is 0 Å². The van der Waals surface area contributed by atoms with Crippen LogP contribution in [0.3, 0.4) is 0 Å². The highest BCUT2D eigenvalue weighted by atomic mass is 35.5. The van der Waals surface area contributed by atoms with Crippen LogP contribution < -0.4 is 0 Å². The van der Waals surface area contributed by atoms with Crippen LogP contribution in [0.1, 0.15) is 31.7 Å². The predicted molar refractivity (Wildman–Crippen MR) is 77.9 cm³/mol. The van der Waals surface area contributed by atoms with Crippen LogP contribution in [-0.2, 0) is 16.1 Å². The summed E-state index contributed by atoms with van der Waals surface area (Å²) in [6, 6.07) is 0. The third kappa shape index (κ3) is 3.33. The lowest BCUT2D eigenvalue weighted by molar-refractivity contribution is -0.143. The SMILES string of the molecule is Cc1nn(CCC(=O)N2C[C@H](C)O[C@@H](C)C2)c(C)c1Cl. The summed E-state index contributed by atoms with van der Waals surface area (Å²) in [5.41, 5.74) is 1.73. The van der Waals surface area contributed by atoms with Gasteiger partial charge in [-0.25, -0.2) is 0 Å². The number of hydrogen-bond acceptors (Lipinski definition) is 3. The number of aryl methyl sites for hydroxylation is 2. The molecule has 20 heavy (non-hydrogen) atoms. The average Bonchev–Trinajstić information content (AvgIpc) is 2.62. The topological polar surface area (TPSA) is 47.4 Å². The summed E-state index contributed by atoms with van der Waals surface area (Å²) < 4.78 is 7.45. The highest BCUT2D eigenvalue weighted by molar-refractivity contribution is 6.31. The van der Waals surface area contributed by atoms with Crippen LogP contribution in [0.25, 0.3) is 0 Å². The fourth-order valence-electron chi connectivity index (χ4n) is 2.63. The molecule has 0 aromatic carbocycles. The molecular weight excluding hydrogens is 278 g/mol. The summed E-state index contributed by atoms with van der Waals surface area (Å²) in [5, 5.41) is 5.03. The molecule has 0 saturated carbocycles. The minimum Gasteiger partial charge on any atom is -0.372 e. The van der Waals surface area contributed by atoms with Gasteiger partial charge in [-0.05, 0) is 27.7 Å². The number of nitrogens with zero attached hydrogens (tertiary/aromatic N) is 3. The first-order chi connectivity index (χ1) is 9.38. The van der Waals surface area contributed by atoms with Crippen molar-refractivity contribution in [2.45, 2.75) is 52.9 Å². The highest BCUT2D eigenvalue weighted by Gasteiger charge is 2.25. The number of ether oxygens (including phenoxy) is 1. The first kappa shape index (κ1) is 15.3. The van der Waals surface area contributed by atoms with Gasteiger partial charge in [0.2, 0.25) is 5.91 Å². The van der Waals surface area contributed by atoms with Crippen molar-refractivity contribution >= 4 is 17.5 Å². The maximum Gasteiger partial charge on any atom is 0.224 e. The van der Waals surface area contributed by atoms with Crippen LogP contribution in [0.4, 0.5) is 0 Å². The van der Waals surface area contributed by atoms with Gasteiger partial charge >= 0.3 is 0 Å². The van der Waals surface area contributed by atoms with Gasteiger partial charge in [-0.2, -0.15) is 5.10 Å². The first-order valence-corrected chi connectivity index (χ1v) is 7.39. The van der Waals surface area contributed by atoms with Gasteiger partial charge in [0.05, 0.1) is 35.2 Å². The molecule has 1 aromatic heterocycles. The number of morpholine rings is 1. The molecule has 2 heterocycles. The van der Waals surface area contributed by atoms with E-state index in [-0.39, 0.29) is 18.1 Å². The molecule has 6 heteroatoms. The van der Waals surface area contributed by atoms with Crippen LogP contribution >= 0.6 is 11.6 Å². The van der Waals surface area contributed by atoms with E-state index in [0.717, 1.165) is 11.4 Å². The van der Waals surface area contributed by atoms with Crippen molar-refractivity contribution in [3.05, 3.63) is 16.4 Å². The molecule has 0 bridgehead atoms. The number of carbonyl (C=O) groups excluding carboxylic acids is 1.